The van der Waals surface area contributed by atoms with Gasteiger partial charge >= 0.3 is 6.18 Å². The van der Waals surface area contributed by atoms with Crippen molar-refractivity contribution in [3.63, 3.8) is 0 Å². The molecule has 32 heavy (non-hydrogen) atoms. The zero-order valence-electron chi connectivity index (χ0n) is 17.3. The quantitative estimate of drug-likeness (QED) is 0.701. The molecule has 0 bridgehead atoms. The van der Waals surface area contributed by atoms with Gasteiger partial charge in [0.1, 0.15) is 11.6 Å². The molecule has 2 amide bonds. The van der Waals surface area contributed by atoms with Crippen molar-refractivity contribution in [2.45, 2.75) is 12.6 Å². The SMILES string of the molecule is COc1ccccc1C(=O)NCCC(=O)N1CCN(c2ncc(C(F)(F)F)cc2Cl)CC1. The number of benzene rings is 1. The predicted molar refractivity (Wildman–Crippen MR) is 113 cm³/mol. The van der Waals surface area contributed by atoms with E-state index in [1.54, 1.807) is 34.1 Å². The molecule has 1 aliphatic heterocycles. The number of pyridine rings is 1. The van der Waals surface area contributed by atoms with Gasteiger partial charge in [0.25, 0.3) is 5.91 Å². The van der Waals surface area contributed by atoms with E-state index in [1.165, 1.54) is 7.11 Å². The second-order valence-corrected chi connectivity index (χ2v) is 7.51. The highest BCUT2D eigenvalue weighted by Gasteiger charge is 2.32. The summed E-state index contributed by atoms with van der Waals surface area (Å²) in [5, 5.41) is 2.62. The van der Waals surface area contributed by atoms with E-state index in [0.29, 0.717) is 37.5 Å². The number of piperazine rings is 1. The van der Waals surface area contributed by atoms with Crippen LogP contribution in [0.2, 0.25) is 5.02 Å². The number of aromatic nitrogens is 1. The van der Waals surface area contributed by atoms with Crippen LogP contribution in [0.5, 0.6) is 5.75 Å². The van der Waals surface area contributed by atoms with Crippen molar-refractivity contribution >= 4 is 29.2 Å². The molecule has 11 heteroatoms. The van der Waals surface area contributed by atoms with Crippen LogP contribution in [0.4, 0.5) is 19.0 Å². The van der Waals surface area contributed by atoms with E-state index in [9.17, 15) is 22.8 Å². The lowest BCUT2D eigenvalue weighted by Gasteiger charge is -2.36. The summed E-state index contributed by atoms with van der Waals surface area (Å²) in [5.41, 5.74) is -0.521. The highest BCUT2D eigenvalue weighted by molar-refractivity contribution is 6.33. The second-order valence-electron chi connectivity index (χ2n) is 7.10. The molecule has 0 aliphatic carbocycles. The Morgan fingerprint density at radius 2 is 1.88 bits per heavy atom. The van der Waals surface area contributed by atoms with E-state index in [4.69, 9.17) is 16.3 Å². The number of hydrogen-bond donors (Lipinski definition) is 1. The van der Waals surface area contributed by atoms with Gasteiger partial charge in [0, 0.05) is 45.3 Å². The molecule has 1 aliphatic rings. The highest BCUT2D eigenvalue weighted by atomic mass is 35.5. The zero-order valence-corrected chi connectivity index (χ0v) is 18.0. The summed E-state index contributed by atoms with van der Waals surface area (Å²) >= 11 is 6.00. The third-order valence-corrected chi connectivity index (χ3v) is 5.34. The van der Waals surface area contributed by atoms with Crippen molar-refractivity contribution in [1.82, 2.24) is 15.2 Å². The Labute approximate surface area is 188 Å². The zero-order chi connectivity index (χ0) is 23.3. The Morgan fingerprint density at radius 1 is 1.19 bits per heavy atom. The number of alkyl halides is 3. The van der Waals surface area contributed by atoms with Crippen LogP contribution in [0.15, 0.2) is 36.5 Å². The van der Waals surface area contributed by atoms with Gasteiger partial charge in [0.15, 0.2) is 0 Å². The predicted octanol–water partition coefficient (Wildman–Crippen LogP) is 3.23. The smallest absolute Gasteiger partial charge is 0.417 e. The van der Waals surface area contributed by atoms with E-state index in [0.717, 1.165) is 12.3 Å². The molecule has 1 saturated heterocycles. The van der Waals surface area contributed by atoms with Crippen LogP contribution in [-0.2, 0) is 11.0 Å². The molecule has 3 rings (SSSR count). The monoisotopic (exact) mass is 470 g/mol. The van der Waals surface area contributed by atoms with Crippen molar-refractivity contribution in [3.8, 4) is 5.75 Å². The molecule has 0 unspecified atom stereocenters. The first-order valence-electron chi connectivity index (χ1n) is 9.87. The van der Waals surface area contributed by atoms with Gasteiger partial charge in [-0.25, -0.2) is 4.98 Å². The van der Waals surface area contributed by atoms with Crippen molar-refractivity contribution < 1.29 is 27.5 Å². The molecule has 1 fully saturated rings. The van der Waals surface area contributed by atoms with Crippen LogP contribution in [0.1, 0.15) is 22.3 Å². The van der Waals surface area contributed by atoms with Crippen LogP contribution >= 0.6 is 11.6 Å². The van der Waals surface area contributed by atoms with E-state index >= 15 is 0 Å². The minimum Gasteiger partial charge on any atom is -0.496 e. The maximum Gasteiger partial charge on any atom is 0.417 e. The molecule has 0 atom stereocenters. The average Bonchev–Trinajstić information content (AvgIpc) is 2.78. The Kier molecular flexibility index (Phi) is 7.44. The third kappa shape index (κ3) is 5.61. The number of hydrogen-bond acceptors (Lipinski definition) is 5. The number of ether oxygens (including phenoxy) is 1. The van der Waals surface area contributed by atoms with Gasteiger partial charge in [-0.2, -0.15) is 13.2 Å². The Bertz CT molecular complexity index is 979. The lowest BCUT2D eigenvalue weighted by Crippen LogP contribution is -2.49. The summed E-state index contributed by atoms with van der Waals surface area (Å²) in [5.74, 6) is 0.248. The minimum atomic E-state index is -4.51. The number of methoxy groups -OCH3 is 1. The first-order valence-corrected chi connectivity index (χ1v) is 10.2. The number of carbonyl (C=O) groups is 2. The largest absolute Gasteiger partial charge is 0.496 e. The lowest BCUT2D eigenvalue weighted by molar-refractivity contribution is -0.137. The third-order valence-electron chi connectivity index (χ3n) is 5.06. The second kappa shape index (κ2) is 10.1. The first-order chi connectivity index (χ1) is 15.2. The molecule has 1 aromatic carbocycles. The summed E-state index contributed by atoms with van der Waals surface area (Å²) in [7, 11) is 1.47. The molecule has 0 saturated carbocycles. The van der Waals surface area contributed by atoms with Crippen molar-refractivity contribution in [2.24, 2.45) is 0 Å². The number of halogens is 4. The molecule has 0 spiro atoms. The number of rotatable bonds is 6. The Balaban J connectivity index is 1.48. The molecular weight excluding hydrogens is 449 g/mol. The number of para-hydroxylation sites is 1. The maximum atomic E-state index is 12.8. The number of amides is 2. The summed E-state index contributed by atoms with van der Waals surface area (Å²) in [6, 6.07) is 7.64. The summed E-state index contributed by atoms with van der Waals surface area (Å²) in [4.78, 5) is 32.0. The Hall–Kier alpha value is -3.01. The topological polar surface area (TPSA) is 74.8 Å². The van der Waals surface area contributed by atoms with Crippen LogP contribution in [0.25, 0.3) is 0 Å². The van der Waals surface area contributed by atoms with Gasteiger partial charge in [-0.3, -0.25) is 9.59 Å². The summed E-state index contributed by atoms with van der Waals surface area (Å²) < 4.78 is 43.5. The molecule has 0 radical (unpaired) electrons. The normalized spacial score (nSPS) is 14.3. The summed E-state index contributed by atoms with van der Waals surface area (Å²) in [6.45, 7) is 1.69. The molecule has 2 aromatic rings. The number of nitrogens with zero attached hydrogens (tertiary/aromatic N) is 3. The van der Waals surface area contributed by atoms with E-state index in [-0.39, 0.29) is 35.6 Å². The van der Waals surface area contributed by atoms with Gasteiger partial charge in [0.2, 0.25) is 5.91 Å². The minimum absolute atomic E-state index is 0.0846. The summed E-state index contributed by atoms with van der Waals surface area (Å²) in [6.07, 6.45) is -3.63. The number of nitrogens with one attached hydrogen (secondary N) is 1. The fourth-order valence-corrected chi connectivity index (χ4v) is 3.64. The van der Waals surface area contributed by atoms with Crippen molar-refractivity contribution in [1.29, 1.82) is 0 Å². The van der Waals surface area contributed by atoms with E-state index in [1.807, 2.05) is 0 Å². The molecule has 1 aromatic heterocycles. The van der Waals surface area contributed by atoms with Crippen LogP contribution < -0.4 is 15.0 Å². The number of anilines is 1. The van der Waals surface area contributed by atoms with Gasteiger partial charge in [0.05, 0.1) is 23.3 Å². The average molecular weight is 471 g/mol. The van der Waals surface area contributed by atoms with Crippen molar-refractivity contribution in [2.75, 3.05) is 44.7 Å². The van der Waals surface area contributed by atoms with Gasteiger partial charge < -0.3 is 19.9 Å². The fourth-order valence-electron chi connectivity index (χ4n) is 3.35. The Morgan fingerprint density at radius 3 is 2.50 bits per heavy atom. The van der Waals surface area contributed by atoms with Crippen LogP contribution in [0, 0.1) is 0 Å². The molecular formula is C21H22ClF3N4O3. The van der Waals surface area contributed by atoms with Crippen LogP contribution in [0.3, 0.4) is 0 Å². The van der Waals surface area contributed by atoms with Gasteiger partial charge in [-0.15, -0.1) is 0 Å². The maximum absolute atomic E-state index is 12.8. The molecule has 2 heterocycles. The van der Waals surface area contributed by atoms with Gasteiger partial charge in [-0.1, -0.05) is 23.7 Å². The van der Waals surface area contributed by atoms with E-state index in [2.05, 4.69) is 10.3 Å². The molecule has 7 nitrogen and oxygen atoms in total. The fraction of sp³-hybridized carbons (Fsp3) is 0.381. The van der Waals surface area contributed by atoms with Crippen molar-refractivity contribution in [3.05, 3.63) is 52.7 Å². The van der Waals surface area contributed by atoms with E-state index < -0.39 is 11.7 Å². The lowest BCUT2D eigenvalue weighted by atomic mass is 10.2. The molecule has 172 valence electrons. The highest BCUT2D eigenvalue weighted by Crippen LogP contribution is 2.33. The standard InChI is InChI=1S/C21H22ClF3N4O3/c1-32-17-5-3-2-4-15(17)20(31)26-7-6-18(30)28-8-10-29(11-9-28)19-16(22)12-14(13-27-19)21(23,24)25/h2-5,12-13H,6-11H2,1H3,(H,26,31). The first kappa shape index (κ1) is 23.6. The van der Waals surface area contributed by atoms with Crippen LogP contribution in [-0.4, -0.2) is 61.5 Å². The van der Waals surface area contributed by atoms with Gasteiger partial charge in [-0.05, 0) is 18.2 Å². The molecule has 1 N–H and O–H groups in total. The number of carbonyl (C=O) groups excluding carboxylic acids is 2.